The molecule has 0 aliphatic carbocycles. The van der Waals surface area contributed by atoms with Crippen molar-refractivity contribution in [3.63, 3.8) is 0 Å². The molecule has 0 bridgehead atoms. The van der Waals surface area contributed by atoms with E-state index in [9.17, 15) is 4.79 Å². The summed E-state index contributed by atoms with van der Waals surface area (Å²) in [6.07, 6.45) is 6.44. The van der Waals surface area contributed by atoms with Gasteiger partial charge in [-0.3, -0.25) is 9.78 Å². The van der Waals surface area contributed by atoms with Gasteiger partial charge in [0.05, 0.1) is 24.1 Å². The number of ether oxygens (including phenoxy) is 1. The molecule has 2 aromatic rings. The van der Waals surface area contributed by atoms with Crippen molar-refractivity contribution in [1.29, 1.82) is 0 Å². The first-order valence-corrected chi connectivity index (χ1v) is 7.00. The summed E-state index contributed by atoms with van der Waals surface area (Å²) in [6.45, 7) is 2.37. The first-order valence-electron chi connectivity index (χ1n) is 6.62. The second kappa shape index (κ2) is 7.59. The van der Waals surface area contributed by atoms with Crippen LogP contribution in [0.25, 0.3) is 0 Å². The topological polar surface area (TPSA) is 55.3 Å². The number of amides is 1. The van der Waals surface area contributed by atoms with Gasteiger partial charge in [-0.25, -0.2) is 4.98 Å². The maximum absolute atomic E-state index is 11.4. The Morgan fingerprint density at radius 3 is 2.81 bits per heavy atom. The monoisotopic (exact) mass is 305 g/mol. The van der Waals surface area contributed by atoms with E-state index in [0.717, 1.165) is 18.5 Å². The quantitative estimate of drug-likeness (QED) is 0.583. The van der Waals surface area contributed by atoms with Crippen molar-refractivity contribution in [2.24, 2.45) is 0 Å². The van der Waals surface area contributed by atoms with Gasteiger partial charge >= 0.3 is 0 Å². The van der Waals surface area contributed by atoms with Crippen LogP contribution in [0.1, 0.15) is 13.3 Å². The third kappa shape index (κ3) is 4.16. The van der Waals surface area contributed by atoms with Gasteiger partial charge in [-0.2, -0.15) is 0 Å². The van der Waals surface area contributed by atoms with Crippen LogP contribution < -0.4 is 9.64 Å². The number of halogens is 1. The maximum atomic E-state index is 11.4. The molecule has 0 saturated heterocycles. The van der Waals surface area contributed by atoms with E-state index in [1.807, 2.05) is 13.0 Å². The minimum absolute atomic E-state index is 0.0811. The van der Waals surface area contributed by atoms with E-state index in [1.165, 1.54) is 0 Å². The highest BCUT2D eigenvalue weighted by Gasteiger charge is 2.18. The Morgan fingerprint density at radius 1 is 1.38 bits per heavy atom. The fourth-order valence-corrected chi connectivity index (χ4v) is 2.01. The molecule has 1 amide bonds. The molecular formula is C15H16ClN3O2. The zero-order valence-electron chi connectivity index (χ0n) is 11.6. The lowest BCUT2D eigenvalue weighted by atomic mass is 10.2. The Hall–Kier alpha value is -2.14. The van der Waals surface area contributed by atoms with Crippen LogP contribution >= 0.6 is 11.6 Å². The van der Waals surface area contributed by atoms with Gasteiger partial charge < -0.3 is 9.64 Å². The molecule has 110 valence electrons. The minimum Gasteiger partial charge on any atom is -0.490 e. The van der Waals surface area contributed by atoms with E-state index in [4.69, 9.17) is 16.3 Å². The summed E-state index contributed by atoms with van der Waals surface area (Å²) in [4.78, 5) is 21.0. The third-order valence-electron chi connectivity index (χ3n) is 3.06. The number of pyridine rings is 2. The lowest BCUT2D eigenvalue weighted by Gasteiger charge is -2.27. The van der Waals surface area contributed by atoms with Gasteiger partial charge in [0, 0.05) is 6.20 Å². The van der Waals surface area contributed by atoms with Crippen LogP contribution in [0.15, 0.2) is 42.9 Å². The van der Waals surface area contributed by atoms with Gasteiger partial charge in [0.2, 0.25) is 6.41 Å². The second-order valence-corrected chi connectivity index (χ2v) is 4.80. The van der Waals surface area contributed by atoms with Crippen LogP contribution in [-0.2, 0) is 4.79 Å². The minimum atomic E-state index is -0.0811. The van der Waals surface area contributed by atoms with Crippen molar-refractivity contribution in [2.45, 2.75) is 19.4 Å². The molecule has 0 spiro atoms. The van der Waals surface area contributed by atoms with Crippen LogP contribution in [0, 0.1) is 0 Å². The van der Waals surface area contributed by atoms with Crippen LogP contribution in [-0.4, -0.2) is 29.0 Å². The highest BCUT2D eigenvalue weighted by atomic mass is 35.5. The molecule has 2 heterocycles. The molecule has 21 heavy (non-hydrogen) atoms. The van der Waals surface area contributed by atoms with E-state index < -0.39 is 0 Å². The van der Waals surface area contributed by atoms with Crippen molar-refractivity contribution in [1.82, 2.24) is 9.97 Å². The fourth-order valence-electron chi connectivity index (χ4n) is 1.90. The summed E-state index contributed by atoms with van der Waals surface area (Å²) in [6, 6.07) is 6.96. The smallest absolute Gasteiger partial charge is 0.214 e. The van der Waals surface area contributed by atoms with Gasteiger partial charge in [0.15, 0.2) is 0 Å². The van der Waals surface area contributed by atoms with Gasteiger partial charge in [-0.05, 0) is 30.7 Å². The molecule has 1 atom stereocenters. The van der Waals surface area contributed by atoms with Crippen molar-refractivity contribution in [3.05, 3.63) is 48.0 Å². The fraction of sp³-hybridized carbons (Fsp3) is 0.267. The Labute approximate surface area is 128 Å². The number of carbonyl (C=O) groups excluding carboxylic acids is 1. The molecule has 6 heteroatoms. The molecule has 5 nitrogen and oxygen atoms in total. The van der Waals surface area contributed by atoms with E-state index in [0.29, 0.717) is 17.5 Å². The van der Waals surface area contributed by atoms with Crippen LogP contribution in [0.3, 0.4) is 0 Å². The van der Waals surface area contributed by atoms with Gasteiger partial charge in [-0.1, -0.05) is 18.5 Å². The van der Waals surface area contributed by atoms with Crippen molar-refractivity contribution in [2.75, 3.05) is 11.5 Å². The maximum Gasteiger partial charge on any atom is 0.214 e. The van der Waals surface area contributed by atoms with Gasteiger partial charge in [0.25, 0.3) is 0 Å². The Kier molecular flexibility index (Phi) is 5.51. The first-order chi connectivity index (χ1) is 10.2. The van der Waals surface area contributed by atoms with Crippen molar-refractivity contribution in [3.8, 4) is 5.75 Å². The predicted octanol–water partition coefficient (Wildman–Crippen LogP) is 2.95. The Bertz CT molecular complexity index is 563. The highest BCUT2D eigenvalue weighted by molar-refractivity contribution is 6.29. The largest absolute Gasteiger partial charge is 0.490 e. The SMILES string of the molecule is CCC(COc1ccc(Cl)nc1)N(C=O)c1cccnc1. The number of hydrogen-bond donors (Lipinski definition) is 0. The number of rotatable bonds is 7. The van der Waals surface area contributed by atoms with Crippen molar-refractivity contribution >= 4 is 23.7 Å². The molecule has 1 unspecified atom stereocenters. The lowest BCUT2D eigenvalue weighted by molar-refractivity contribution is -0.108. The van der Waals surface area contributed by atoms with Crippen LogP contribution in [0.4, 0.5) is 5.69 Å². The number of nitrogens with zero attached hydrogens (tertiary/aromatic N) is 3. The average Bonchev–Trinajstić information content (AvgIpc) is 2.54. The Balaban J connectivity index is 2.04. The molecule has 0 N–H and O–H groups in total. The van der Waals surface area contributed by atoms with E-state index >= 15 is 0 Å². The van der Waals surface area contributed by atoms with E-state index in [2.05, 4.69) is 9.97 Å². The molecule has 0 radical (unpaired) electrons. The average molecular weight is 306 g/mol. The van der Waals surface area contributed by atoms with Crippen molar-refractivity contribution < 1.29 is 9.53 Å². The molecule has 0 aliphatic rings. The van der Waals surface area contributed by atoms with E-state index in [-0.39, 0.29) is 6.04 Å². The number of hydrogen-bond acceptors (Lipinski definition) is 4. The van der Waals surface area contributed by atoms with E-state index in [1.54, 1.807) is 41.7 Å². The van der Waals surface area contributed by atoms with Crippen LogP contribution in [0.2, 0.25) is 5.15 Å². The van der Waals surface area contributed by atoms with Gasteiger partial charge in [-0.15, -0.1) is 0 Å². The number of carbonyl (C=O) groups is 1. The molecular weight excluding hydrogens is 290 g/mol. The normalized spacial score (nSPS) is 11.7. The summed E-state index contributed by atoms with van der Waals surface area (Å²) in [7, 11) is 0. The zero-order valence-corrected chi connectivity index (χ0v) is 12.4. The summed E-state index contributed by atoms with van der Waals surface area (Å²) < 4.78 is 5.68. The zero-order chi connectivity index (χ0) is 15.1. The molecule has 2 aromatic heterocycles. The molecule has 0 aromatic carbocycles. The standard InChI is InChI=1S/C15H16ClN3O2/c1-2-12(10-21-14-5-6-15(16)18-9-14)19(11-20)13-4-3-7-17-8-13/h3-9,11-12H,2,10H2,1H3. The summed E-state index contributed by atoms with van der Waals surface area (Å²) in [5, 5.41) is 0.416. The number of anilines is 1. The lowest BCUT2D eigenvalue weighted by Crippen LogP contribution is -2.38. The highest BCUT2D eigenvalue weighted by Crippen LogP contribution is 2.17. The summed E-state index contributed by atoms with van der Waals surface area (Å²) >= 11 is 5.73. The summed E-state index contributed by atoms with van der Waals surface area (Å²) in [5.41, 5.74) is 0.747. The molecule has 0 fully saturated rings. The second-order valence-electron chi connectivity index (χ2n) is 4.41. The Morgan fingerprint density at radius 2 is 2.24 bits per heavy atom. The third-order valence-corrected chi connectivity index (χ3v) is 3.29. The van der Waals surface area contributed by atoms with Crippen LogP contribution in [0.5, 0.6) is 5.75 Å². The molecule has 0 saturated carbocycles. The predicted molar refractivity (Wildman–Crippen MR) is 81.6 cm³/mol. The van der Waals surface area contributed by atoms with Gasteiger partial charge in [0.1, 0.15) is 17.5 Å². The first kappa shape index (κ1) is 15.3. The summed E-state index contributed by atoms with van der Waals surface area (Å²) in [5.74, 6) is 0.620. The molecule has 2 rings (SSSR count). The molecule has 0 aliphatic heterocycles. The number of aromatic nitrogens is 2.